The Morgan fingerprint density at radius 2 is 1.71 bits per heavy atom. The molecule has 0 aliphatic carbocycles. The van der Waals surface area contributed by atoms with Crippen LogP contribution >= 0.6 is 15.9 Å². The number of hydrogen-bond acceptors (Lipinski definition) is 2. The van der Waals surface area contributed by atoms with Gasteiger partial charge in [0.1, 0.15) is 12.4 Å². The Labute approximate surface area is 132 Å². The minimum absolute atomic E-state index is 0.0374. The third-order valence-electron chi connectivity index (χ3n) is 3.46. The quantitative estimate of drug-likeness (QED) is 0.746. The summed E-state index contributed by atoms with van der Waals surface area (Å²) in [5.74, 6) is 0.716. The number of rotatable bonds is 4. The van der Waals surface area contributed by atoms with E-state index in [4.69, 9.17) is 4.74 Å². The van der Waals surface area contributed by atoms with Gasteiger partial charge in [-0.1, -0.05) is 58.4 Å². The standard InChI is InChI=1S/C18H15BrO2/c19-16-8-9-18(15(10-16)11-20)21-12-14-6-3-5-13-4-1-2-7-17(13)14/h1-10,20H,11-12H2. The first-order valence-corrected chi connectivity index (χ1v) is 7.56. The van der Waals surface area contributed by atoms with Crippen LogP contribution in [0.1, 0.15) is 11.1 Å². The van der Waals surface area contributed by atoms with Gasteiger partial charge in [-0.15, -0.1) is 0 Å². The molecule has 21 heavy (non-hydrogen) atoms. The van der Waals surface area contributed by atoms with Gasteiger partial charge in [-0.25, -0.2) is 0 Å². The van der Waals surface area contributed by atoms with Gasteiger partial charge in [0.25, 0.3) is 0 Å². The van der Waals surface area contributed by atoms with Gasteiger partial charge in [0.05, 0.1) is 6.61 Å². The fraction of sp³-hybridized carbons (Fsp3) is 0.111. The molecule has 3 heteroatoms. The summed E-state index contributed by atoms with van der Waals surface area (Å²) in [7, 11) is 0. The summed E-state index contributed by atoms with van der Waals surface area (Å²) in [5, 5.41) is 11.8. The predicted octanol–water partition coefficient (Wildman–Crippen LogP) is 4.67. The molecule has 3 rings (SSSR count). The van der Waals surface area contributed by atoms with E-state index in [1.807, 2.05) is 36.4 Å². The molecule has 0 saturated carbocycles. The zero-order valence-electron chi connectivity index (χ0n) is 11.4. The molecule has 106 valence electrons. The Bertz CT molecular complexity index is 763. The van der Waals surface area contributed by atoms with Crippen LogP contribution in [0.25, 0.3) is 10.8 Å². The van der Waals surface area contributed by atoms with E-state index in [1.165, 1.54) is 10.8 Å². The molecule has 0 saturated heterocycles. The number of hydrogen-bond donors (Lipinski definition) is 1. The number of halogens is 1. The van der Waals surface area contributed by atoms with Crippen molar-refractivity contribution in [3.05, 3.63) is 76.3 Å². The van der Waals surface area contributed by atoms with E-state index in [9.17, 15) is 5.11 Å². The first-order valence-electron chi connectivity index (χ1n) is 6.76. The van der Waals surface area contributed by atoms with E-state index < -0.39 is 0 Å². The number of benzene rings is 3. The SMILES string of the molecule is OCc1cc(Br)ccc1OCc1cccc2ccccc12. The minimum Gasteiger partial charge on any atom is -0.489 e. The fourth-order valence-corrected chi connectivity index (χ4v) is 2.79. The number of ether oxygens (including phenoxy) is 1. The molecule has 1 N–H and O–H groups in total. The van der Waals surface area contributed by atoms with Crippen molar-refractivity contribution in [1.82, 2.24) is 0 Å². The van der Waals surface area contributed by atoms with Gasteiger partial charge in [-0.2, -0.15) is 0 Å². The molecule has 0 heterocycles. The molecule has 0 unspecified atom stereocenters. The van der Waals surface area contributed by atoms with Crippen LogP contribution in [0.15, 0.2) is 65.1 Å². The smallest absolute Gasteiger partial charge is 0.125 e. The van der Waals surface area contributed by atoms with Crippen LogP contribution in [0.4, 0.5) is 0 Å². The van der Waals surface area contributed by atoms with E-state index >= 15 is 0 Å². The topological polar surface area (TPSA) is 29.5 Å². The number of aliphatic hydroxyl groups excluding tert-OH is 1. The minimum atomic E-state index is -0.0374. The Morgan fingerprint density at radius 1 is 0.905 bits per heavy atom. The zero-order chi connectivity index (χ0) is 14.7. The monoisotopic (exact) mass is 342 g/mol. The lowest BCUT2D eigenvalue weighted by atomic mass is 10.1. The zero-order valence-corrected chi connectivity index (χ0v) is 13.0. The summed E-state index contributed by atoms with van der Waals surface area (Å²) in [6.07, 6.45) is 0. The lowest BCUT2D eigenvalue weighted by Crippen LogP contribution is -1.99. The lowest BCUT2D eigenvalue weighted by molar-refractivity contribution is 0.259. The second kappa shape index (κ2) is 6.29. The van der Waals surface area contributed by atoms with E-state index in [1.54, 1.807) is 0 Å². The first kappa shape index (κ1) is 14.1. The molecule has 0 amide bonds. The summed E-state index contributed by atoms with van der Waals surface area (Å²) >= 11 is 3.40. The Hall–Kier alpha value is -1.84. The van der Waals surface area contributed by atoms with Crippen LogP contribution in [0.5, 0.6) is 5.75 Å². The summed E-state index contributed by atoms with van der Waals surface area (Å²) in [6, 6.07) is 20.1. The van der Waals surface area contributed by atoms with Gasteiger partial charge in [0.2, 0.25) is 0 Å². The fourth-order valence-electron chi connectivity index (χ4n) is 2.39. The third-order valence-corrected chi connectivity index (χ3v) is 3.95. The Morgan fingerprint density at radius 3 is 2.57 bits per heavy atom. The highest BCUT2D eigenvalue weighted by atomic mass is 79.9. The van der Waals surface area contributed by atoms with E-state index in [-0.39, 0.29) is 6.61 Å². The normalized spacial score (nSPS) is 10.8. The molecule has 0 bridgehead atoms. The Balaban J connectivity index is 1.87. The molecule has 0 aliphatic heterocycles. The summed E-state index contributed by atoms with van der Waals surface area (Å²) in [5.41, 5.74) is 1.92. The molecule has 0 atom stereocenters. The maximum atomic E-state index is 9.41. The molecular weight excluding hydrogens is 328 g/mol. The van der Waals surface area contributed by atoms with Crippen LogP contribution in [0, 0.1) is 0 Å². The van der Waals surface area contributed by atoms with Crippen molar-refractivity contribution < 1.29 is 9.84 Å². The summed E-state index contributed by atoms with van der Waals surface area (Å²) in [4.78, 5) is 0. The summed E-state index contributed by atoms with van der Waals surface area (Å²) in [6.45, 7) is 0.445. The van der Waals surface area contributed by atoms with Crippen LogP contribution in [-0.4, -0.2) is 5.11 Å². The van der Waals surface area contributed by atoms with Crippen molar-refractivity contribution in [2.24, 2.45) is 0 Å². The molecule has 3 aromatic carbocycles. The predicted molar refractivity (Wildman–Crippen MR) is 88.3 cm³/mol. The van der Waals surface area contributed by atoms with E-state index in [2.05, 4.69) is 40.2 Å². The molecule has 0 spiro atoms. The van der Waals surface area contributed by atoms with E-state index in [0.29, 0.717) is 12.4 Å². The average molecular weight is 343 g/mol. The molecular formula is C18H15BrO2. The van der Waals surface area contributed by atoms with E-state index in [0.717, 1.165) is 15.6 Å². The third kappa shape index (κ3) is 3.09. The van der Waals surface area contributed by atoms with Gasteiger partial charge in [0.15, 0.2) is 0 Å². The maximum absolute atomic E-state index is 9.41. The maximum Gasteiger partial charge on any atom is 0.125 e. The van der Waals surface area contributed by atoms with Gasteiger partial charge < -0.3 is 9.84 Å². The molecule has 0 aromatic heterocycles. The largest absolute Gasteiger partial charge is 0.489 e. The van der Waals surface area contributed by atoms with Crippen molar-refractivity contribution in [2.45, 2.75) is 13.2 Å². The van der Waals surface area contributed by atoms with Gasteiger partial charge in [-0.05, 0) is 34.5 Å². The molecule has 0 aliphatic rings. The highest BCUT2D eigenvalue weighted by molar-refractivity contribution is 9.10. The highest BCUT2D eigenvalue weighted by Gasteiger charge is 2.06. The van der Waals surface area contributed by atoms with Crippen molar-refractivity contribution in [3.63, 3.8) is 0 Å². The molecule has 2 nitrogen and oxygen atoms in total. The second-order valence-electron chi connectivity index (χ2n) is 4.84. The average Bonchev–Trinajstić information content (AvgIpc) is 2.53. The highest BCUT2D eigenvalue weighted by Crippen LogP contribution is 2.25. The van der Waals surface area contributed by atoms with Crippen molar-refractivity contribution in [2.75, 3.05) is 0 Å². The number of aliphatic hydroxyl groups is 1. The lowest BCUT2D eigenvalue weighted by Gasteiger charge is -2.12. The molecule has 3 aromatic rings. The molecule has 0 radical (unpaired) electrons. The molecule has 0 fully saturated rings. The Kier molecular flexibility index (Phi) is 4.23. The number of fused-ring (bicyclic) bond motifs is 1. The first-order chi connectivity index (χ1) is 10.3. The van der Waals surface area contributed by atoms with Crippen molar-refractivity contribution >= 4 is 26.7 Å². The van der Waals surface area contributed by atoms with Crippen LogP contribution in [-0.2, 0) is 13.2 Å². The van der Waals surface area contributed by atoms with Crippen LogP contribution in [0.2, 0.25) is 0 Å². The van der Waals surface area contributed by atoms with Crippen LogP contribution < -0.4 is 4.74 Å². The van der Waals surface area contributed by atoms with Gasteiger partial charge in [-0.3, -0.25) is 0 Å². The van der Waals surface area contributed by atoms with Crippen LogP contribution in [0.3, 0.4) is 0 Å². The van der Waals surface area contributed by atoms with Crippen molar-refractivity contribution in [3.8, 4) is 5.75 Å². The second-order valence-corrected chi connectivity index (χ2v) is 5.75. The summed E-state index contributed by atoms with van der Waals surface area (Å²) < 4.78 is 6.83. The van der Waals surface area contributed by atoms with Gasteiger partial charge >= 0.3 is 0 Å². The van der Waals surface area contributed by atoms with Crippen molar-refractivity contribution in [1.29, 1.82) is 0 Å². The van der Waals surface area contributed by atoms with Gasteiger partial charge in [0, 0.05) is 10.0 Å².